The summed E-state index contributed by atoms with van der Waals surface area (Å²) < 4.78 is 5.18. The van der Waals surface area contributed by atoms with Crippen LogP contribution in [0.25, 0.3) is 0 Å². The molecule has 1 aliphatic rings. The highest BCUT2D eigenvalue weighted by Crippen LogP contribution is 2.29. The number of benzene rings is 1. The van der Waals surface area contributed by atoms with Crippen molar-refractivity contribution in [3.8, 4) is 5.75 Å². The van der Waals surface area contributed by atoms with E-state index in [4.69, 9.17) is 10.5 Å². The molecule has 1 aromatic rings. The van der Waals surface area contributed by atoms with Gasteiger partial charge in [0.15, 0.2) is 0 Å². The zero-order valence-corrected chi connectivity index (χ0v) is 14.7. The topological polar surface area (TPSA) is 84.7 Å². The van der Waals surface area contributed by atoms with Crippen LogP contribution in [0, 0.1) is 0 Å². The molecule has 24 heavy (non-hydrogen) atoms. The highest BCUT2D eigenvalue weighted by atomic mass is 16.5. The van der Waals surface area contributed by atoms with E-state index in [1.54, 1.807) is 18.2 Å². The van der Waals surface area contributed by atoms with Gasteiger partial charge in [-0.3, -0.25) is 4.79 Å². The van der Waals surface area contributed by atoms with Crippen LogP contribution in [0.1, 0.15) is 56.3 Å². The minimum absolute atomic E-state index is 0.0803. The number of nitrogens with one attached hydrogen (secondary N) is 1. The number of carbonyl (C=O) groups is 2. The third kappa shape index (κ3) is 4.19. The summed E-state index contributed by atoms with van der Waals surface area (Å²) in [5.74, 6) is 0.479. The fourth-order valence-electron chi connectivity index (χ4n) is 3.39. The van der Waals surface area contributed by atoms with Crippen LogP contribution in [0.15, 0.2) is 18.2 Å². The number of nitrogens with zero attached hydrogens (tertiary/aromatic N) is 1. The number of methoxy groups -OCH3 is 1. The Balaban J connectivity index is 2.35. The molecule has 0 heterocycles. The van der Waals surface area contributed by atoms with Gasteiger partial charge in [0, 0.05) is 18.2 Å². The lowest BCUT2D eigenvalue weighted by molar-refractivity contribution is 0.0556. The van der Waals surface area contributed by atoms with Gasteiger partial charge >= 0.3 is 6.03 Å². The predicted octanol–water partition coefficient (Wildman–Crippen LogP) is 3.37. The van der Waals surface area contributed by atoms with E-state index in [2.05, 4.69) is 5.32 Å². The molecule has 0 aliphatic heterocycles. The summed E-state index contributed by atoms with van der Waals surface area (Å²) >= 11 is 0. The van der Waals surface area contributed by atoms with Gasteiger partial charge in [-0.15, -0.1) is 0 Å². The summed E-state index contributed by atoms with van der Waals surface area (Å²) in [7, 11) is 1.54. The summed E-state index contributed by atoms with van der Waals surface area (Å²) in [6.45, 7) is 4.05. The molecule has 3 amide bonds. The SMILES string of the molecule is COc1ccc(C(=O)N(C(C)C)C2CCCCC2)c(NC(N)=O)c1. The second-order valence-corrected chi connectivity index (χ2v) is 6.50. The van der Waals surface area contributed by atoms with Gasteiger partial charge in [-0.25, -0.2) is 4.79 Å². The Morgan fingerprint density at radius 1 is 1.25 bits per heavy atom. The molecule has 2 rings (SSSR count). The van der Waals surface area contributed by atoms with E-state index >= 15 is 0 Å². The molecule has 1 aliphatic carbocycles. The number of amides is 3. The fourth-order valence-corrected chi connectivity index (χ4v) is 3.39. The van der Waals surface area contributed by atoms with E-state index in [-0.39, 0.29) is 18.0 Å². The van der Waals surface area contributed by atoms with E-state index in [1.807, 2.05) is 18.7 Å². The molecule has 0 spiro atoms. The minimum atomic E-state index is -0.703. The van der Waals surface area contributed by atoms with E-state index in [0.29, 0.717) is 17.0 Å². The van der Waals surface area contributed by atoms with Crippen LogP contribution in [-0.4, -0.2) is 36.0 Å². The molecular weight excluding hydrogens is 306 g/mol. The summed E-state index contributed by atoms with van der Waals surface area (Å²) in [5, 5.41) is 2.54. The second kappa shape index (κ2) is 8.04. The normalized spacial score (nSPS) is 15.2. The van der Waals surface area contributed by atoms with Crippen molar-refractivity contribution < 1.29 is 14.3 Å². The van der Waals surface area contributed by atoms with Crippen molar-refractivity contribution in [3.63, 3.8) is 0 Å². The summed E-state index contributed by atoms with van der Waals surface area (Å²) in [5.41, 5.74) is 6.07. The Hall–Kier alpha value is -2.24. The first-order valence-corrected chi connectivity index (χ1v) is 8.51. The van der Waals surface area contributed by atoms with Gasteiger partial charge in [0.2, 0.25) is 0 Å². The highest BCUT2D eigenvalue weighted by Gasteiger charge is 2.29. The summed E-state index contributed by atoms with van der Waals surface area (Å²) in [4.78, 5) is 26.4. The maximum atomic E-state index is 13.2. The Bertz CT molecular complexity index is 595. The third-order valence-electron chi connectivity index (χ3n) is 4.47. The Labute approximate surface area is 143 Å². The van der Waals surface area contributed by atoms with Crippen molar-refractivity contribution in [3.05, 3.63) is 23.8 Å². The number of ether oxygens (including phenoxy) is 1. The molecule has 3 N–H and O–H groups in total. The average Bonchev–Trinajstić information content (AvgIpc) is 2.54. The molecule has 132 valence electrons. The van der Waals surface area contributed by atoms with Crippen LogP contribution in [0.4, 0.5) is 10.5 Å². The van der Waals surface area contributed by atoms with Crippen molar-refractivity contribution in [2.24, 2.45) is 5.73 Å². The molecule has 6 nitrogen and oxygen atoms in total. The summed E-state index contributed by atoms with van der Waals surface area (Å²) in [6.07, 6.45) is 5.58. The van der Waals surface area contributed by atoms with Crippen molar-refractivity contribution in [2.45, 2.75) is 58.0 Å². The zero-order chi connectivity index (χ0) is 17.7. The largest absolute Gasteiger partial charge is 0.497 e. The van der Waals surface area contributed by atoms with Crippen LogP contribution in [0.2, 0.25) is 0 Å². The molecule has 1 fully saturated rings. The van der Waals surface area contributed by atoms with Gasteiger partial charge in [-0.2, -0.15) is 0 Å². The highest BCUT2D eigenvalue weighted by molar-refractivity contribution is 6.03. The van der Waals surface area contributed by atoms with Crippen molar-refractivity contribution in [1.82, 2.24) is 4.90 Å². The molecule has 0 bridgehead atoms. The number of hydrogen-bond donors (Lipinski definition) is 2. The van der Waals surface area contributed by atoms with Crippen LogP contribution in [0.3, 0.4) is 0 Å². The number of hydrogen-bond acceptors (Lipinski definition) is 3. The first kappa shape index (κ1) is 18.1. The van der Waals surface area contributed by atoms with Gasteiger partial charge < -0.3 is 20.7 Å². The van der Waals surface area contributed by atoms with Gasteiger partial charge in [0.1, 0.15) is 5.75 Å². The van der Waals surface area contributed by atoms with E-state index < -0.39 is 6.03 Å². The maximum Gasteiger partial charge on any atom is 0.316 e. The Morgan fingerprint density at radius 3 is 2.46 bits per heavy atom. The zero-order valence-electron chi connectivity index (χ0n) is 14.7. The lowest BCUT2D eigenvalue weighted by Gasteiger charge is -2.37. The second-order valence-electron chi connectivity index (χ2n) is 6.50. The summed E-state index contributed by atoms with van der Waals surface area (Å²) in [6, 6.07) is 4.66. The molecular formula is C18H27N3O3. The molecule has 0 saturated heterocycles. The number of urea groups is 1. The molecule has 1 aromatic carbocycles. The molecule has 0 radical (unpaired) electrons. The molecule has 1 saturated carbocycles. The first-order valence-electron chi connectivity index (χ1n) is 8.51. The maximum absolute atomic E-state index is 13.2. The fraction of sp³-hybridized carbons (Fsp3) is 0.556. The minimum Gasteiger partial charge on any atom is -0.497 e. The Morgan fingerprint density at radius 2 is 1.92 bits per heavy atom. The molecule has 6 heteroatoms. The van der Waals surface area contributed by atoms with Crippen molar-refractivity contribution in [2.75, 3.05) is 12.4 Å². The van der Waals surface area contributed by atoms with Gasteiger partial charge in [-0.05, 0) is 38.8 Å². The van der Waals surface area contributed by atoms with E-state index in [0.717, 1.165) is 25.7 Å². The molecule has 0 atom stereocenters. The lowest BCUT2D eigenvalue weighted by Crippen LogP contribution is -2.46. The smallest absolute Gasteiger partial charge is 0.316 e. The van der Waals surface area contributed by atoms with Crippen molar-refractivity contribution >= 4 is 17.6 Å². The van der Waals surface area contributed by atoms with Gasteiger partial charge in [-0.1, -0.05) is 19.3 Å². The van der Waals surface area contributed by atoms with Crippen LogP contribution in [0.5, 0.6) is 5.75 Å². The predicted molar refractivity (Wildman–Crippen MR) is 94.4 cm³/mol. The Kier molecular flexibility index (Phi) is 6.06. The van der Waals surface area contributed by atoms with Gasteiger partial charge in [0.05, 0.1) is 18.4 Å². The molecule has 0 unspecified atom stereocenters. The van der Waals surface area contributed by atoms with Crippen molar-refractivity contribution in [1.29, 1.82) is 0 Å². The number of anilines is 1. The van der Waals surface area contributed by atoms with Crippen LogP contribution < -0.4 is 15.8 Å². The average molecular weight is 333 g/mol. The van der Waals surface area contributed by atoms with Gasteiger partial charge in [0.25, 0.3) is 5.91 Å². The number of primary amides is 1. The number of carbonyl (C=O) groups excluding carboxylic acids is 2. The van der Waals surface area contributed by atoms with Crippen LogP contribution in [-0.2, 0) is 0 Å². The van der Waals surface area contributed by atoms with E-state index in [9.17, 15) is 9.59 Å². The monoisotopic (exact) mass is 333 g/mol. The standard InChI is InChI=1S/C18H27N3O3/c1-12(2)21(13-7-5-4-6-8-13)17(22)15-10-9-14(24-3)11-16(15)20-18(19)23/h9-13H,4-8H2,1-3H3,(H3,19,20,23). The lowest BCUT2D eigenvalue weighted by atomic mass is 9.92. The third-order valence-corrected chi connectivity index (χ3v) is 4.47. The number of rotatable bonds is 5. The number of nitrogens with two attached hydrogens (primary N) is 1. The van der Waals surface area contributed by atoms with E-state index in [1.165, 1.54) is 13.5 Å². The first-order chi connectivity index (χ1) is 11.4. The quantitative estimate of drug-likeness (QED) is 0.866. The molecule has 0 aromatic heterocycles. The van der Waals surface area contributed by atoms with Crippen LogP contribution >= 0.6 is 0 Å².